The van der Waals surface area contributed by atoms with Crippen LogP contribution >= 0.6 is 11.6 Å². The number of nitrogens with zero attached hydrogens (tertiary/aromatic N) is 1. The van der Waals surface area contributed by atoms with Crippen LogP contribution in [0.4, 0.5) is 5.69 Å². The van der Waals surface area contributed by atoms with Gasteiger partial charge in [0.05, 0.1) is 23.9 Å². The maximum Gasteiger partial charge on any atom is 0.266 e. The van der Waals surface area contributed by atoms with Crippen molar-refractivity contribution in [2.24, 2.45) is 0 Å². The second kappa shape index (κ2) is 11.0. The first-order chi connectivity index (χ1) is 13.6. The van der Waals surface area contributed by atoms with E-state index in [1.165, 1.54) is 6.08 Å². The lowest BCUT2D eigenvalue weighted by Crippen LogP contribution is -2.13. The molecule has 0 bridgehead atoms. The fourth-order valence-corrected chi connectivity index (χ4v) is 2.58. The molecule has 6 heteroatoms. The number of amides is 1. The third-order valence-corrected chi connectivity index (χ3v) is 4.15. The molecule has 28 heavy (non-hydrogen) atoms. The van der Waals surface area contributed by atoms with Crippen LogP contribution in [-0.2, 0) is 4.79 Å². The number of hydrogen-bond acceptors (Lipinski definition) is 4. The monoisotopic (exact) mass is 398 g/mol. The Morgan fingerprint density at radius 1 is 1.18 bits per heavy atom. The fourth-order valence-electron chi connectivity index (χ4n) is 2.40. The minimum absolute atomic E-state index is 0.0398. The van der Waals surface area contributed by atoms with Crippen molar-refractivity contribution in [1.82, 2.24) is 0 Å². The van der Waals surface area contributed by atoms with Gasteiger partial charge >= 0.3 is 0 Å². The van der Waals surface area contributed by atoms with Gasteiger partial charge in [0.2, 0.25) is 0 Å². The van der Waals surface area contributed by atoms with Gasteiger partial charge in [-0.25, -0.2) is 0 Å². The number of hydrogen-bond donors (Lipinski definition) is 1. The van der Waals surface area contributed by atoms with Crippen molar-refractivity contribution in [3.05, 3.63) is 58.6 Å². The number of rotatable bonds is 9. The van der Waals surface area contributed by atoms with Gasteiger partial charge in [0, 0.05) is 0 Å². The van der Waals surface area contributed by atoms with E-state index in [0.717, 1.165) is 12.8 Å². The highest BCUT2D eigenvalue weighted by atomic mass is 35.5. The number of halogens is 1. The predicted octanol–water partition coefficient (Wildman–Crippen LogP) is 5.46. The summed E-state index contributed by atoms with van der Waals surface area (Å²) in [6, 6.07) is 14.1. The largest absolute Gasteiger partial charge is 0.490 e. The summed E-state index contributed by atoms with van der Waals surface area (Å²) in [5, 5.41) is 12.5. The lowest BCUT2D eigenvalue weighted by molar-refractivity contribution is -0.112. The quantitative estimate of drug-likeness (QED) is 0.345. The minimum atomic E-state index is -0.531. The molecule has 0 atom stereocenters. The van der Waals surface area contributed by atoms with E-state index in [1.54, 1.807) is 42.5 Å². The van der Waals surface area contributed by atoms with Crippen molar-refractivity contribution < 1.29 is 14.3 Å². The molecule has 0 radical (unpaired) electrons. The van der Waals surface area contributed by atoms with Crippen molar-refractivity contribution >= 4 is 29.3 Å². The highest BCUT2D eigenvalue weighted by Crippen LogP contribution is 2.30. The molecular weight excluding hydrogens is 376 g/mol. The van der Waals surface area contributed by atoms with Gasteiger partial charge in [-0.15, -0.1) is 0 Å². The molecule has 0 heterocycles. The molecule has 0 aliphatic heterocycles. The molecule has 0 aliphatic rings. The molecule has 1 N–H and O–H groups in total. The van der Waals surface area contributed by atoms with Crippen LogP contribution in [0.25, 0.3) is 6.08 Å². The Hall–Kier alpha value is -2.97. The summed E-state index contributed by atoms with van der Waals surface area (Å²) in [6.45, 7) is 5.07. The molecule has 0 unspecified atom stereocenters. The van der Waals surface area contributed by atoms with E-state index in [4.69, 9.17) is 21.1 Å². The first-order valence-corrected chi connectivity index (χ1v) is 9.54. The lowest BCUT2D eigenvalue weighted by atomic mass is 10.1. The van der Waals surface area contributed by atoms with Crippen LogP contribution in [0.3, 0.4) is 0 Å². The molecule has 2 rings (SSSR count). The van der Waals surface area contributed by atoms with Crippen molar-refractivity contribution in [2.75, 3.05) is 18.5 Å². The van der Waals surface area contributed by atoms with Gasteiger partial charge in [-0.05, 0) is 49.2 Å². The highest BCUT2D eigenvalue weighted by Gasteiger charge is 2.12. The molecule has 0 spiro atoms. The van der Waals surface area contributed by atoms with E-state index in [9.17, 15) is 10.1 Å². The Kier molecular flexibility index (Phi) is 8.38. The zero-order chi connectivity index (χ0) is 20.4. The molecule has 0 saturated heterocycles. The summed E-state index contributed by atoms with van der Waals surface area (Å²) >= 11 is 6.05. The number of nitrogens with one attached hydrogen (secondary N) is 1. The molecule has 146 valence electrons. The summed E-state index contributed by atoms with van der Waals surface area (Å²) in [5.74, 6) is 0.694. The Morgan fingerprint density at radius 3 is 2.64 bits per heavy atom. The molecule has 0 saturated carbocycles. The van der Waals surface area contributed by atoms with Gasteiger partial charge in [0.1, 0.15) is 11.6 Å². The number of para-hydroxylation sites is 1. The summed E-state index contributed by atoms with van der Waals surface area (Å²) in [7, 11) is 0. The summed E-state index contributed by atoms with van der Waals surface area (Å²) in [4.78, 5) is 12.4. The molecular formula is C22H23ClN2O3. The first-order valence-electron chi connectivity index (χ1n) is 9.16. The number of carbonyl (C=O) groups excluding carboxylic acids is 1. The van der Waals surface area contributed by atoms with Crippen LogP contribution in [0.1, 0.15) is 32.3 Å². The standard InChI is InChI=1S/C22H23ClN2O3/c1-3-5-12-28-20-11-10-16(14-21(20)27-4-2)13-17(15-24)22(26)25-19-9-7-6-8-18(19)23/h6-11,13-14H,3-5,12H2,1-2H3,(H,25,26)/b17-13+. The van der Waals surface area contributed by atoms with Gasteiger partial charge in [-0.3, -0.25) is 4.79 Å². The zero-order valence-corrected chi connectivity index (χ0v) is 16.8. The van der Waals surface area contributed by atoms with E-state index in [1.807, 2.05) is 13.0 Å². The van der Waals surface area contributed by atoms with Crippen LogP contribution in [-0.4, -0.2) is 19.1 Å². The Morgan fingerprint density at radius 2 is 1.96 bits per heavy atom. The molecule has 2 aromatic carbocycles. The predicted molar refractivity (Wildman–Crippen MR) is 112 cm³/mol. The van der Waals surface area contributed by atoms with Gasteiger partial charge < -0.3 is 14.8 Å². The summed E-state index contributed by atoms with van der Waals surface area (Å²) < 4.78 is 11.4. The molecule has 0 fully saturated rings. The second-order valence-corrected chi connectivity index (χ2v) is 6.35. The van der Waals surface area contributed by atoms with E-state index < -0.39 is 5.91 Å². The first kappa shape index (κ1) is 21.3. The van der Waals surface area contributed by atoms with Crippen molar-refractivity contribution in [2.45, 2.75) is 26.7 Å². The van der Waals surface area contributed by atoms with E-state index in [0.29, 0.717) is 41.0 Å². The third-order valence-electron chi connectivity index (χ3n) is 3.82. The van der Waals surface area contributed by atoms with E-state index in [-0.39, 0.29) is 5.57 Å². The Labute approximate surface area is 170 Å². The minimum Gasteiger partial charge on any atom is -0.490 e. The van der Waals surface area contributed by atoms with Crippen LogP contribution in [0.5, 0.6) is 11.5 Å². The molecule has 2 aromatic rings. The van der Waals surface area contributed by atoms with Crippen LogP contribution in [0.15, 0.2) is 48.0 Å². The Balaban J connectivity index is 2.22. The normalized spacial score (nSPS) is 10.9. The average molecular weight is 399 g/mol. The maximum absolute atomic E-state index is 12.4. The lowest BCUT2D eigenvalue weighted by Gasteiger charge is -2.12. The number of carbonyl (C=O) groups is 1. The number of ether oxygens (including phenoxy) is 2. The topological polar surface area (TPSA) is 71.3 Å². The van der Waals surface area contributed by atoms with Crippen LogP contribution in [0.2, 0.25) is 5.02 Å². The molecule has 1 amide bonds. The van der Waals surface area contributed by atoms with E-state index in [2.05, 4.69) is 12.2 Å². The second-order valence-electron chi connectivity index (χ2n) is 5.94. The average Bonchev–Trinajstić information content (AvgIpc) is 2.69. The van der Waals surface area contributed by atoms with Crippen molar-refractivity contribution in [3.63, 3.8) is 0 Å². The van der Waals surface area contributed by atoms with Gasteiger partial charge in [-0.2, -0.15) is 5.26 Å². The Bertz CT molecular complexity index is 888. The number of benzene rings is 2. The third kappa shape index (κ3) is 6.04. The highest BCUT2D eigenvalue weighted by molar-refractivity contribution is 6.34. The zero-order valence-electron chi connectivity index (χ0n) is 16.0. The van der Waals surface area contributed by atoms with E-state index >= 15 is 0 Å². The van der Waals surface area contributed by atoms with Gasteiger partial charge in [-0.1, -0.05) is 43.1 Å². The number of unbranched alkanes of at least 4 members (excludes halogenated alkanes) is 1. The van der Waals surface area contributed by atoms with Crippen molar-refractivity contribution in [3.8, 4) is 17.6 Å². The van der Waals surface area contributed by atoms with Crippen LogP contribution in [0, 0.1) is 11.3 Å². The molecule has 0 aliphatic carbocycles. The molecule has 0 aromatic heterocycles. The maximum atomic E-state index is 12.4. The van der Waals surface area contributed by atoms with Crippen LogP contribution < -0.4 is 14.8 Å². The summed E-state index contributed by atoms with van der Waals surface area (Å²) in [6.07, 6.45) is 3.50. The fraction of sp³-hybridized carbons (Fsp3) is 0.273. The summed E-state index contributed by atoms with van der Waals surface area (Å²) in [5.41, 5.74) is 1.07. The number of anilines is 1. The van der Waals surface area contributed by atoms with Crippen molar-refractivity contribution in [1.29, 1.82) is 5.26 Å². The smallest absolute Gasteiger partial charge is 0.266 e. The number of nitriles is 1. The molecule has 5 nitrogen and oxygen atoms in total. The SMILES string of the molecule is CCCCOc1ccc(/C=C(\C#N)C(=O)Nc2ccccc2Cl)cc1OCC. The van der Waals surface area contributed by atoms with Gasteiger partial charge in [0.15, 0.2) is 11.5 Å². The van der Waals surface area contributed by atoms with Gasteiger partial charge in [0.25, 0.3) is 5.91 Å².